The molecule has 2 N–H and O–H groups in total. The molecule has 0 spiro atoms. The van der Waals surface area contributed by atoms with Crippen molar-refractivity contribution in [1.82, 2.24) is 9.97 Å². The van der Waals surface area contributed by atoms with E-state index >= 15 is 0 Å². The van der Waals surface area contributed by atoms with Crippen LogP contribution in [0.5, 0.6) is 0 Å². The lowest BCUT2D eigenvalue weighted by Crippen LogP contribution is -2.19. The summed E-state index contributed by atoms with van der Waals surface area (Å²) >= 11 is 0. The standard InChI is InChI=1S/C15H16N4O2/c20-14(21)11-4-3-5-12(10-11)17-15-16-7-6-13(18-15)19-8-1-2-9-19/h3-7,10H,1-2,8-9H2,(H,20,21)(H,16,17,18). The number of rotatable bonds is 4. The molecule has 21 heavy (non-hydrogen) atoms. The molecule has 0 atom stereocenters. The molecule has 0 saturated carbocycles. The summed E-state index contributed by atoms with van der Waals surface area (Å²) in [5.74, 6) is 0.423. The van der Waals surface area contributed by atoms with Crippen molar-refractivity contribution in [1.29, 1.82) is 0 Å². The summed E-state index contributed by atoms with van der Waals surface area (Å²) in [7, 11) is 0. The predicted octanol–water partition coefficient (Wildman–Crippen LogP) is 2.52. The highest BCUT2D eigenvalue weighted by Crippen LogP contribution is 2.20. The van der Waals surface area contributed by atoms with Gasteiger partial charge in [0, 0.05) is 25.0 Å². The number of aromatic nitrogens is 2. The second-order valence-corrected chi connectivity index (χ2v) is 4.94. The molecule has 6 heteroatoms. The first-order valence-corrected chi connectivity index (χ1v) is 6.91. The van der Waals surface area contributed by atoms with Gasteiger partial charge in [-0.2, -0.15) is 4.98 Å². The summed E-state index contributed by atoms with van der Waals surface area (Å²) in [4.78, 5) is 21.9. The Morgan fingerprint density at radius 3 is 2.81 bits per heavy atom. The van der Waals surface area contributed by atoms with Crippen LogP contribution >= 0.6 is 0 Å². The average Bonchev–Trinajstić information content (AvgIpc) is 3.02. The van der Waals surface area contributed by atoms with Gasteiger partial charge in [-0.15, -0.1) is 0 Å². The minimum Gasteiger partial charge on any atom is -0.478 e. The lowest BCUT2D eigenvalue weighted by molar-refractivity contribution is 0.0697. The molecule has 1 saturated heterocycles. The van der Waals surface area contributed by atoms with Crippen molar-refractivity contribution in [2.75, 3.05) is 23.3 Å². The van der Waals surface area contributed by atoms with Crippen LogP contribution in [0.1, 0.15) is 23.2 Å². The Bertz CT molecular complexity index is 654. The monoisotopic (exact) mass is 284 g/mol. The minimum atomic E-state index is -0.953. The Labute approximate surface area is 122 Å². The van der Waals surface area contributed by atoms with Crippen LogP contribution in [0.3, 0.4) is 0 Å². The number of nitrogens with zero attached hydrogens (tertiary/aromatic N) is 3. The third-order valence-corrected chi connectivity index (χ3v) is 3.44. The lowest BCUT2D eigenvalue weighted by atomic mass is 10.2. The quantitative estimate of drug-likeness (QED) is 0.898. The Morgan fingerprint density at radius 1 is 1.24 bits per heavy atom. The van der Waals surface area contributed by atoms with E-state index in [1.807, 2.05) is 6.07 Å². The van der Waals surface area contributed by atoms with Crippen molar-refractivity contribution < 1.29 is 9.90 Å². The van der Waals surface area contributed by atoms with E-state index in [1.54, 1.807) is 30.5 Å². The molecule has 1 aromatic heterocycles. The van der Waals surface area contributed by atoms with Crippen LogP contribution in [0.2, 0.25) is 0 Å². The van der Waals surface area contributed by atoms with Crippen molar-refractivity contribution in [3.05, 3.63) is 42.1 Å². The second-order valence-electron chi connectivity index (χ2n) is 4.94. The SMILES string of the molecule is O=C(O)c1cccc(Nc2nccc(N3CCCC3)n2)c1. The molecule has 6 nitrogen and oxygen atoms in total. The number of benzene rings is 1. The van der Waals surface area contributed by atoms with E-state index in [0.717, 1.165) is 18.9 Å². The van der Waals surface area contributed by atoms with Crippen LogP contribution in [0, 0.1) is 0 Å². The third-order valence-electron chi connectivity index (χ3n) is 3.44. The van der Waals surface area contributed by atoms with E-state index in [-0.39, 0.29) is 5.56 Å². The summed E-state index contributed by atoms with van der Waals surface area (Å²) in [5, 5.41) is 12.0. The van der Waals surface area contributed by atoms with E-state index in [1.165, 1.54) is 12.8 Å². The van der Waals surface area contributed by atoms with Gasteiger partial charge in [0.05, 0.1) is 5.56 Å². The smallest absolute Gasteiger partial charge is 0.335 e. The summed E-state index contributed by atoms with van der Waals surface area (Å²) < 4.78 is 0. The fraction of sp³-hybridized carbons (Fsp3) is 0.267. The topological polar surface area (TPSA) is 78.3 Å². The van der Waals surface area contributed by atoms with Crippen molar-refractivity contribution >= 4 is 23.4 Å². The maximum absolute atomic E-state index is 11.0. The molecule has 0 radical (unpaired) electrons. The number of carboxylic acids is 1. The zero-order valence-electron chi connectivity index (χ0n) is 11.5. The van der Waals surface area contributed by atoms with Crippen LogP contribution in [0.25, 0.3) is 0 Å². The maximum atomic E-state index is 11.0. The Kier molecular flexibility index (Phi) is 3.68. The summed E-state index contributed by atoms with van der Waals surface area (Å²) in [6.07, 6.45) is 4.09. The van der Waals surface area contributed by atoms with Gasteiger partial charge in [0.15, 0.2) is 0 Å². The van der Waals surface area contributed by atoms with E-state index in [9.17, 15) is 4.79 Å². The van der Waals surface area contributed by atoms with E-state index < -0.39 is 5.97 Å². The zero-order valence-corrected chi connectivity index (χ0v) is 11.5. The number of carbonyl (C=O) groups is 1. The molecule has 1 fully saturated rings. The fourth-order valence-electron chi connectivity index (χ4n) is 2.39. The fourth-order valence-corrected chi connectivity index (χ4v) is 2.39. The number of anilines is 3. The van der Waals surface area contributed by atoms with Crippen molar-refractivity contribution in [3.8, 4) is 0 Å². The molecule has 2 heterocycles. The van der Waals surface area contributed by atoms with Gasteiger partial charge < -0.3 is 15.3 Å². The van der Waals surface area contributed by atoms with Crippen LogP contribution in [0.15, 0.2) is 36.5 Å². The second kappa shape index (κ2) is 5.78. The highest BCUT2D eigenvalue weighted by molar-refractivity contribution is 5.89. The number of hydrogen-bond acceptors (Lipinski definition) is 5. The van der Waals surface area contributed by atoms with Gasteiger partial charge in [0.25, 0.3) is 0 Å². The molecule has 1 aliphatic rings. The first-order valence-electron chi connectivity index (χ1n) is 6.91. The molecular formula is C15H16N4O2. The molecule has 0 bridgehead atoms. The van der Waals surface area contributed by atoms with Gasteiger partial charge in [-0.05, 0) is 37.1 Å². The molecule has 2 aromatic rings. The van der Waals surface area contributed by atoms with Gasteiger partial charge in [-0.25, -0.2) is 9.78 Å². The molecule has 0 aliphatic carbocycles. The van der Waals surface area contributed by atoms with Crippen LogP contribution in [-0.4, -0.2) is 34.1 Å². The minimum absolute atomic E-state index is 0.232. The van der Waals surface area contributed by atoms with E-state index in [4.69, 9.17) is 5.11 Å². The molecule has 3 rings (SSSR count). The molecule has 108 valence electrons. The lowest BCUT2D eigenvalue weighted by Gasteiger charge is -2.16. The molecule has 1 aromatic carbocycles. The highest BCUT2D eigenvalue weighted by atomic mass is 16.4. The molecule has 0 unspecified atom stereocenters. The number of hydrogen-bond donors (Lipinski definition) is 2. The molecule has 1 aliphatic heterocycles. The van der Waals surface area contributed by atoms with Gasteiger partial charge >= 0.3 is 5.97 Å². The van der Waals surface area contributed by atoms with E-state index in [0.29, 0.717) is 11.6 Å². The van der Waals surface area contributed by atoms with Gasteiger partial charge in [-0.3, -0.25) is 0 Å². The van der Waals surface area contributed by atoms with Gasteiger partial charge in [0.2, 0.25) is 5.95 Å². The predicted molar refractivity (Wildman–Crippen MR) is 80.2 cm³/mol. The van der Waals surface area contributed by atoms with Crippen LogP contribution in [0.4, 0.5) is 17.5 Å². The Balaban J connectivity index is 1.79. The maximum Gasteiger partial charge on any atom is 0.335 e. The number of aromatic carboxylic acids is 1. The normalized spacial score (nSPS) is 14.2. The van der Waals surface area contributed by atoms with Crippen molar-refractivity contribution in [3.63, 3.8) is 0 Å². The Hall–Kier alpha value is -2.63. The highest BCUT2D eigenvalue weighted by Gasteiger charge is 2.14. The van der Waals surface area contributed by atoms with Crippen molar-refractivity contribution in [2.45, 2.75) is 12.8 Å². The van der Waals surface area contributed by atoms with Crippen molar-refractivity contribution in [2.24, 2.45) is 0 Å². The molecular weight excluding hydrogens is 268 g/mol. The average molecular weight is 284 g/mol. The first-order chi connectivity index (χ1) is 10.2. The number of carboxylic acid groups (broad SMARTS) is 1. The number of nitrogens with one attached hydrogen (secondary N) is 1. The summed E-state index contributed by atoms with van der Waals surface area (Å²) in [6.45, 7) is 2.04. The first kappa shape index (κ1) is 13.4. The Morgan fingerprint density at radius 2 is 2.05 bits per heavy atom. The molecule has 0 amide bonds. The third kappa shape index (κ3) is 3.10. The van der Waals surface area contributed by atoms with Crippen LogP contribution < -0.4 is 10.2 Å². The van der Waals surface area contributed by atoms with E-state index in [2.05, 4.69) is 20.2 Å². The zero-order chi connectivity index (χ0) is 14.7. The summed E-state index contributed by atoms with van der Waals surface area (Å²) in [5.41, 5.74) is 0.893. The van der Waals surface area contributed by atoms with Gasteiger partial charge in [-0.1, -0.05) is 6.07 Å². The van der Waals surface area contributed by atoms with Crippen LogP contribution in [-0.2, 0) is 0 Å². The summed E-state index contributed by atoms with van der Waals surface area (Å²) in [6, 6.07) is 8.49. The largest absolute Gasteiger partial charge is 0.478 e. The van der Waals surface area contributed by atoms with Gasteiger partial charge in [0.1, 0.15) is 5.82 Å².